The normalized spacial score (nSPS) is 9.90. The lowest BCUT2D eigenvalue weighted by atomic mass is 10.1. The molecular weight excluding hydrogens is 278 g/mol. The van der Waals surface area contributed by atoms with Crippen molar-refractivity contribution in [1.29, 1.82) is 0 Å². The fraction of sp³-hybridized carbons (Fsp3) is 0.286. The van der Waals surface area contributed by atoms with Crippen LogP contribution in [0.4, 0.5) is 0 Å². The van der Waals surface area contributed by atoms with Crippen LogP contribution in [-0.4, -0.2) is 43.1 Å². The highest BCUT2D eigenvalue weighted by molar-refractivity contribution is 5.92. The van der Waals surface area contributed by atoms with Crippen LogP contribution in [0.5, 0.6) is 0 Å². The molecule has 0 aliphatic carbocycles. The molecule has 0 radical (unpaired) electrons. The highest BCUT2D eigenvalue weighted by Gasteiger charge is 2.17. The summed E-state index contributed by atoms with van der Waals surface area (Å²) >= 11 is 0. The first kappa shape index (κ1) is 16.2. The number of hydrogen-bond donors (Lipinski definition) is 1. The predicted molar refractivity (Wildman–Crippen MR) is 80.1 cm³/mol. The third kappa shape index (κ3) is 3.82. The van der Waals surface area contributed by atoms with Gasteiger partial charge in [-0.15, -0.1) is 12.4 Å². The second-order valence-electron chi connectivity index (χ2n) is 4.27. The van der Waals surface area contributed by atoms with Crippen LogP contribution in [0.3, 0.4) is 0 Å². The lowest BCUT2D eigenvalue weighted by Crippen LogP contribution is -2.32. The van der Waals surface area contributed by atoms with Crippen molar-refractivity contribution >= 4 is 18.3 Å². The first-order valence-electron chi connectivity index (χ1n) is 6.14. The summed E-state index contributed by atoms with van der Waals surface area (Å²) in [7, 11) is 3.59. The van der Waals surface area contributed by atoms with Crippen LogP contribution in [0.25, 0.3) is 11.3 Å². The molecule has 2 aromatic rings. The Kier molecular flexibility index (Phi) is 6.21. The van der Waals surface area contributed by atoms with Gasteiger partial charge in [-0.25, -0.2) is 0 Å². The maximum Gasteiger partial charge on any atom is 0.292 e. The number of amides is 1. The Morgan fingerprint density at radius 3 is 2.70 bits per heavy atom. The molecular formula is C14H18ClN3O2. The van der Waals surface area contributed by atoms with E-state index in [-0.39, 0.29) is 24.1 Å². The molecule has 1 N–H and O–H groups in total. The SMILES string of the molecule is CNCCN(C)C(=O)c1cc(-c2ccccc2)no1.Cl. The van der Waals surface area contributed by atoms with E-state index in [1.165, 1.54) is 0 Å². The van der Waals surface area contributed by atoms with Gasteiger partial charge < -0.3 is 14.7 Å². The van der Waals surface area contributed by atoms with Crippen LogP contribution in [0.15, 0.2) is 40.9 Å². The summed E-state index contributed by atoms with van der Waals surface area (Å²) in [4.78, 5) is 13.7. The van der Waals surface area contributed by atoms with E-state index in [2.05, 4.69) is 10.5 Å². The molecule has 2 rings (SSSR count). The quantitative estimate of drug-likeness (QED) is 0.917. The van der Waals surface area contributed by atoms with Crippen LogP contribution in [0, 0.1) is 0 Å². The molecule has 108 valence electrons. The van der Waals surface area contributed by atoms with Crippen LogP contribution in [-0.2, 0) is 0 Å². The van der Waals surface area contributed by atoms with Gasteiger partial charge in [0.15, 0.2) is 0 Å². The van der Waals surface area contributed by atoms with Crippen molar-refractivity contribution in [3.8, 4) is 11.3 Å². The van der Waals surface area contributed by atoms with Crippen molar-refractivity contribution < 1.29 is 9.32 Å². The maximum atomic E-state index is 12.1. The number of halogens is 1. The monoisotopic (exact) mass is 295 g/mol. The maximum absolute atomic E-state index is 12.1. The third-order valence-electron chi connectivity index (χ3n) is 2.83. The third-order valence-corrected chi connectivity index (χ3v) is 2.83. The smallest absolute Gasteiger partial charge is 0.292 e. The number of hydrogen-bond acceptors (Lipinski definition) is 4. The molecule has 1 aromatic heterocycles. The van der Waals surface area contributed by atoms with Gasteiger partial charge >= 0.3 is 0 Å². The van der Waals surface area contributed by atoms with Crippen molar-refractivity contribution in [2.75, 3.05) is 27.2 Å². The van der Waals surface area contributed by atoms with Gasteiger partial charge in [-0.05, 0) is 7.05 Å². The van der Waals surface area contributed by atoms with Crippen LogP contribution >= 0.6 is 12.4 Å². The molecule has 0 saturated heterocycles. The Hall–Kier alpha value is -1.85. The van der Waals surface area contributed by atoms with E-state index in [9.17, 15) is 4.79 Å². The number of nitrogens with zero attached hydrogens (tertiary/aromatic N) is 2. The molecule has 0 spiro atoms. The number of carbonyl (C=O) groups excluding carboxylic acids is 1. The van der Waals surface area contributed by atoms with Gasteiger partial charge in [0, 0.05) is 31.8 Å². The Balaban J connectivity index is 0.00000200. The minimum absolute atomic E-state index is 0. The Morgan fingerprint density at radius 2 is 2.05 bits per heavy atom. The summed E-state index contributed by atoms with van der Waals surface area (Å²) in [6, 6.07) is 11.3. The fourth-order valence-electron chi connectivity index (χ4n) is 1.69. The Morgan fingerprint density at radius 1 is 1.35 bits per heavy atom. The molecule has 0 fully saturated rings. The van der Waals surface area contributed by atoms with Crippen LogP contribution in [0.1, 0.15) is 10.6 Å². The minimum atomic E-state index is -0.162. The van der Waals surface area contributed by atoms with Crippen LogP contribution < -0.4 is 5.32 Å². The second kappa shape index (κ2) is 7.67. The van der Waals surface area contributed by atoms with Crippen molar-refractivity contribution in [3.63, 3.8) is 0 Å². The fourth-order valence-corrected chi connectivity index (χ4v) is 1.69. The number of aromatic nitrogens is 1. The summed E-state index contributed by atoms with van der Waals surface area (Å²) in [6.07, 6.45) is 0. The molecule has 20 heavy (non-hydrogen) atoms. The zero-order chi connectivity index (χ0) is 13.7. The van der Waals surface area contributed by atoms with Crippen LogP contribution in [0.2, 0.25) is 0 Å². The molecule has 1 aromatic carbocycles. The molecule has 5 nitrogen and oxygen atoms in total. The zero-order valence-corrected chi connectivity index (χ0v) is 12.3. The summed E-state index contributed by atoms with van der Waals surface area (Å²) < 4.78 is 5.12. The van der Waals surface area contributed by atoms with E-state index in [0.29, 0.717) is 12.2 Å². The second-order valence-corrected chi connectivity index (χ2v) is 4.27. The van der Waals surface area contributed by atoms with E-state index in [1.807, 2.05) is 37.4 Å². The number of nitrogens with one attached hydrogen (secondary N) is 1. The van der Waals surface area contributed by atoms with Crippen molar-refractivity contribution in [2.45, 2.75) is 0 Å². The number of rotatable bonds is 5. The van der Waals surface area contributed by atoms with Gasteiger partial charge in [0.1, 0.15) is 5.69 Å². The summed E-state index contributed by atoms with van der Waals surface area (Å²) in [5, 5.41) is 6.93. The van der Waals surface area contributed by atoms with Gasteiger partial charge in [0.05, 0.1) is 0 Å². The lowest BCUT2D eigenvalue weighted by molar-refractivity contribution is 0.0755. The molecule has 0 aliphatic heterocycles. The lowest BCUT2D eigenvalue weighted by Gasteiger charge is -2.14. The van der Waals surface area contributed by atoms with E-state index in [0.717, 1.165) is 12.1 Å². The molecule has 0 unspecified atom stereocenters. The van der Waals surface area contributed by atoms with Crippen molar-refractivity contribution in [3.05, 3.63) is 42.2 Å². The summed E-state index contributed by atoms with van der Waals surface area (Å²) in [5.41, 5.74) is 1.61. The minimum Gasteiger partial charge on any atom is -0.350 e. The van der Waals surface area contributed by atoms with Gasteiger partial charge in [-0.2, -0.15) is 0 Å². The van der Waals surface area contributed by atoms with E-state index < -0.39 is 0 Å². The number of benzene rings is 1. The standard InChI is InChI=1S/C14H17N3O2.ClH/c1-15-8-9-17(2)14(18)13-10-12(16-19-13)11-6-4-3-5-7-11;/h3-7,10,15H,8-9H2,1-2H3;1H. The first-order valence-corrected chi connectivity index (χ1v) is 6.14. The highest BCUT2D eigenvalue weighted by Crippen LogP contribution is 2.19. The van der Waals surface area contributed by atoms with Crippen molar-refractivity contribution in [1.82, 2.24) is 15.4 Å². The van der Waals surface area contributed by atoms with E-state index in [4.69, 9.17) is 4.52 Å². The van der Waals surface area contributed by atoms with Gasteiger partial charge in [-0.3, -0.25) is 4.79 Å². The molecule has 0 aliphatic rings. The Labute approximate surface area is 124 Å². The number of carbonyl (C=O) groups is 1. The average molecular weight is 296 g/mol. The van der Waals surface area contributed by atoms with Crippen molar-refractivity contribution in [2.24, 2.45) is 0 Å². The van der Waals surface area contributed by atoms with E-state index >= 15 is 0 Å². The zero-order valence-electron chi connectivity index (χ0n) is 11.5. The van der Waals surface area contributed by atoms with Gasteiger partial charge in [-0.1, -0.05) is 35.5 Å². The van der Waals surface area contributed by atoms with E-state index in [1.54, 1.807) is 18.0 Å². The molecule has 1 amide bonds. The molecule has 0 atom stereocenters. The van der Waals surface area contributed by atoms with Gasteiger partial charge in [0.2, 0.25) is 5.76 Å². The molecule has 6 heteroatoms. The number of likely N-dealkylation sites (N-methyl/N-ethyl adjacent to an activating group) is 2. The Bertz CT molecular complexity index is 542. The highest BCUT2D eigenvalue weighted by atomic mass is 35.5. The topological polar surface area (TPSA) is 58.4 Å². The molecule has 0 bridgehead atoms. The average Bonchev–Trinajstić information content (AvgIpc) is 2.94. The summed E-state index contributed by atoms with van der Waals surface area (Å²) in [6.45, 7) is 1.36. The van der Waals surface area contributed by atoms with Gasteiger partial charge in [0.25, 0.3) is 5.91 Å². The first-order chi connectivity index (χ1) is 9.22. The molecule has 1 heterocycles. The largest absolute Gasteiger partial charge is 0.350 e. The summed E-state index contributed by atoms with van der Waals surface area (Å²) in [5.74, 6) is 0.0994. The molecule has 0 saturated carbocycles. The predicted octanol–water partition coefficient (Wildman–Crippen LogP) is 2.05.